The fourth-order valence-electron chi connectivity index (χ4n) is 3.41. The molecule has 0 spiro atoms. The van der Waals surface area contributed by atoms with Crippen molar-refractivity contribution in [2.24, 2.45) is 17.6 Å². The second-order valence-electron chi connectivity index (χ2n) is 6.30. The molecule has 0 unspecified atom stereocenters. The van der Waals surface area contributed by atoms with Crippen molar-refractivity contribution >= 4 is 11.8 Å². The molecule has 1 aromatic carbocycles. The first-order chi connectivity index (χ1) is 11.1. The van der Waals surface area contributed by atoms with E-state index in [1.165, 1.54) is 0 Å². The lowest BCUT2D eigenvalue weighted by atomic mass is 9.90. The van der Waals surface area contributed by atoms with Crippen molar-refractivity contribution in [3.63, 3.8) is 0 Å². The molecule has 23 heavy (non-hydrogen) atoms. The van der Waals surface area contributed by atoms with E-state index in [1.54, 1.807) is 24.3 Å². The Morgan fingerprint density at radius 3 is 2.65 bits per heavy atom. The summed E-state index contributed by atoms with van der Waals surface area (Å²) >= 11 is 0. The van der Waals surface area contributed by atoms with Crippen LogP contribution >= 0.6 is 0 Å². The van der Waals surface area contributed by atoms with Gasteiger partial charge in [-0.3, -0.25) is 9.59 Å². The van der Waals surface area contributed by atoms with Crippen LogP contribution in [0.1, 0.15) is 23.2 Å². The third-order valence-electron chi connectivity index (χ3n) is 4.75. The number of nitrogens with two attached hydrogens (primary N) is 1. The van der Waals surface area contributed by atoms with Crippen LogP contribution in [-0.4, -0.2) is 49.5 Å². The monoisotopic (exact) mass is 317 g/mol. The molecule has 3 rings (SSSR count). The highest BCUT2D eigenvalue weighted by molar-refractivity contribution is 5.92. The molecule has 2 aliphatic rings. The second-order valence-corrected chi connectivity index (χ2v) is 6.30. The number of nitrogens with zero attached hydrogens (tertiary/aromatic N) is 1. The zero-order chi connectivity index (χ0) is 16.2. The van der Waals surface area contributed by atoms with Gasteiger partial charge in [0.1, 0.15) is 5.75 Å². The average molecular weight is 317 g/mol. The first-order valence-electron chi connectivity index (χ1n) is 8.14. The lowest BCUT2D eigenvalue weighted by Crippen LogP contribution is -2.35. The van der Waals surface area contributed by atoms with E-state index in [4.69, 9.17) is 10.5 Å². The van der Waals surface area contributed by atoms with Crippen LogP contribution < -0.4 is 15.8 Å². The standard InChI is InChI=1S/C17H23N3O3/c18-17(22)12-1-3-15(4-2-12)23-8-6-16(21)20-10-13-5-7-19-9-14(13)11-20/h1-4,13-14,19H,5-11H2,(H2,18,22)/t13-,14+/m0/s1. The minimum absolute atomic E-state index is 0.160. The molecular weight excluding hydrogens is 294 g/mol. The fourth-order valence-corrected chi connectivity index (χ4v) is 3.41. The molecule has 2 aliphatic heterocycles. The minimum Gasteiger partial charge on any atom is -0.493 e. The molecule has 3 N–H and O–H groups in total. The van der Waals surface area contributed by atoms with Crippen molar-refractivity contribution in [2.45, 2.75) is 12.8 Å². The Kier molecular flexibility index (Phi) is 4.81. The number of nitrogens with one attached hydrogen (secondary N) is 1. The number of hydrogen-bond acceptors (Lipinski definition) is 4. The number of benzene rings is 1. The maximum Gasteiger partial charge on any atom is 0.248 e. The van der Waals surface area contributed by atoms with Crippen molar-refractivity contribution in [3.8, 4) is 5.75 Å². The van der Waals surface area contributed by atoms with Gasteiger partial charge in [-0.05, 0) is 55.6 Å². The van der Waals surface area contributed by atoms with Gasteiger partial charge in [-0.15, -0.1) is 0 Å². The van der Waals surface area contributed by atoms with Crippen molar-refractivity contribution in [3.05, 3.63) is 29.8 Å². The Hall–Kier alpha value is -2.08. The van der Waals surface area contributed by atoms with Gasteiger partial charge in [0.25, 0.3) is 0 Å². The Labute approximate surface area is 136 Å². The molecule has 0 radical (unpaired) electrons. The summed E-state index contributed by atoms with van der Waals surface area (Å²) in [5, 5.41) is 3.40. The summed E-state index contributed by atoms with van der Waals surface area (Å²) in [5.41, 5.74) is 5.63. The molecule has 6 nitrogen and oxygen atoms in total. The third-order valence-corrected chi connectivity index (χ3v) is 4.75. The SMILES string of the molecule is NC(=O)c1ccc(OCCC(=O)N2C[C@H]3CNCC[C@H]3C2)cc1. The summed E-state index contributed by atoms with van der Waals surface area (Å²) in [4.78, 5) is 25.3. The topological polar surface area (TPSA) is 84.7 Å². The van der Waals surface area contributed by atoms with E-state index in [2.05, 4.69) is 5.32 Å². The number of piperidine rings is 1. The van der Waals surface area contributed by atoms with Gasteiger partial charge in [-0.1, -0.05) is 0 Å². The third kappa shape index (κ3) is 3.82. The Morgan fingerprint density at radius 2 is 1.96 bits per heavy atom. The van der Waals surface area contributed by atoms with Crippen LogP contribution in [0.4, 0.5) is 0 Å². The number of fused-ring (bicyclic) bond motifs is 1. The van der Waals surface area contributed by atoms with Gasteiger partial charge in [-0.2, -0.15) is 0 Å². The summed E-state index contributed by atoms with van der Waals surface area (Å²) < 4.78 is 5.58. The number of amides is 2. The van der Waals surface area contributed by atoms with Crippen LogP contribution in [0.15, 0.2) is 24.3 Å². The van der Waals surface area contributed by atoms with Crippen molar-refractivity contribution in [1.29, 1.82) is 0 Å². The Bertz CT molecular complexity index is 559. The zero-order valence-electron chi connectivity index (χ0n) is 13.2. The zero-order valence-corrected chi connectivity index (χ0v) is 13.2. The maximum absolute atomic E-state index is 12.3. The molecule has 0 aliphatic carbocycles. The van der Waals surface area contributed by atoms with E-state index in [1.807, 2.05) is 4.90 Å². The number of rotatable bonds is 5. The maximum atomic E-state index is 12.3. The molecule has 2 saturated heterocycles. The number of likely N-dealkylation sites (tertiary alicyclic amines) is 1. The van der Waals surface area contributed by atoms with E-state index < -0.39 is 5.91 Å². The Morgan fingerprint density at radius 1 is 1.22 bits per heavy atom. The molecule has 0 saturated carbocycles. The lowest BCUT2D eigenvalue weighted by Gasteiger charge is -2.23. The number of carbonyl (C=O) groups is 2. The van der Waals surface area contributed by atoms with Crippen LogP contribution in [0.2, 0.25) is 0 Å². The van der Waals surface area contributed by atoms with Crippen LogP contribution in [-0.2, 0) is 4.79 Å². The normalized spacial score (nSPS) is 23.4. The predicted molar refractivity (Wildman–Crippen MR) is 86.1 cm³/mol. The molecule has 1 aromatic rings. The Balaban J connectivity index is 1.43. The second kappa shape index (κ2) is 7.00. The van der Waals surface area contributed by atoms with Gasteiger partial charge in [0, 0.05) is 18.7 Å². The molecule has 2 atom stereocenters. The molecule has 124 valence electrons. The highest BCUT2D eigenvalue weighted by Crippen LogP contribution is 2.28. The molecule has 2 heterocycles. The molecular formula is C17H23N3O3. The van der Waals surface area contributed by atoms with Crippen LogP contribution in [0, 0.1) is 11.8 Å². The number of primary amides is 1. The van der Waals surface area contributed by atoms with Gasteiger partial charge in [0.15, 0.2) is 0 Å². The number of carbonyl (C=O) groups excluding carboxylic acids is 2. The van der Waals surface area contributed by atoms with Crippen molar-refractivity contribution < 1.29 is 14.3 Å². The van der Waals surface area contributed by atoms with E-state index in [-0.39, 0.29) is 5.91 Å². The summed E-state index contributed by atoms with van der Waals surface area (Å²) in [7, 11) is 0. The van der Waals surface area contributed by atoms with Crippen molar-refractivity contribution in [2.75, 3.05) is 32.8 Å². The number of ether oxygens (including phenoxy) is 1. The predicted octanol–water partition coefficient (Wildman–Crippen LogP) is 0.622. The highest BCUT2D eigenvalue weighted by Gasteiger charge is 2.36. The van der Waals surface area contributed by atoms with E-state index >= 15 is 0 Å². The number of hydrogen-bond donors (Lipinski definition) is 2. The summed E-state index contributed by atoms with van der Waals surface area (Å²) in [6, 6.07) is 6.64. The summed E-state index contributed by atoms with van der Waals surface area (Å²) in [5.74, 6) is 1.60. The first-order valence-corrected chi connectivity index (χ1v) is 8.14. The summed E-state index contributed by atoms with van der Waals surface area (Å²) in [6.07, 6.45) is 1.54. The van der Waals surface area contributed by atoms with Gasteiger partial charge in [0.2, 0.25) is 11.8 Å². The molecule has 2 amide bonds. The van der Waals surface area contributed by atoms with E-state index in [0.29, 0.717) is 36.2 Å². The average Bonchev–Trinajstić information content (AvgIpc) is 2.99. The van der Waals surface area contributed by atoms with E-state index in [0.717, 1.165) is 32.6 Å². The largest absolute Gasteiger partial charge is 0.493 e. The van der Waals surface area contributed by atoms with Crippen LogP contribution in [0.3, 0.4) is 0 Å². The quantitative estimate of drug-likeness (QED) is 0.834. The molecule has 0 aromatic heterocycles. The summed E-state index contributed by atoms with van der Waals surface area (Å²) in [6.45, 7) is 4.19. The van der Waals surface area contributed by atoms with E-state index in [9.17, 15) is 9.59 Å². The molecule has 0 bridgehead atoms. The molecule has 2 fully saturated rings. The lowest BCUT2D eigenvalue weighted by molar-refractivity contribution is -0.130. The minimum atomic E-state index is -0.461. The first kappa shape index (κ1) is 15.8. The fraction of sp³-hybridized carbons (Fsp3) is 0.529. The highest BCUT2D eigenvalue weighted by atomic mass is 16.5. The van der Waals surface area contributed by atoms with Crippen LogP contribution in [0.25, 0.3) is 0 Å². The van der Waals surface area contributed by atoms with Gasteiger partial charge < -0.3 is 20.7 Å². The van der Waals surface area contributed by atoms with Gasteiger partial charge in [0.05, 0.1) is 13.0 Å². The van der Waals surface area contributed by atoms with Crippen LogP contribution in [0.5, 0.6) is 5.75 Å². The van der Waals surface area contributed by atoms with Gasteiger partial charge >= 0.3 is 0 Å². The van der Waals surface area contributed by atoms with Crippen molar-refractivity contribution in [1.82, 2.24) is 10.2 Å². The molecule has 6 heteroatoms. The van der Waals surface area contributed by atoms with Gasteiger partial charge in [-0.25, -0.2) is 0 Å². The smallest absolute Gasteiger partial charge is 0.248 e.